The van der Waals surface area contributed by atoms with E-state index in [0.29, 0.717) is 0 Å². The second kappa shape index (κ2) is 6.58. The molecule has 1 aliphatic rings. The maximum atomic E-state index is 12.2. The van der Waals surface area contributed by atoms with Crippen molar-refractivity contribution >= 4 is 29.0 Å². The summed E-state index contributed by atoms with van der Waals surface area (Å²) >= 11 is 1.79. The van der Waals surface area contributed by atoms with Gasteiger partial charge in [-0.15, -0.1) is 0 Å². The largest absolute Gasteiger partial charge is 0.348 e. The van der Waals surface area contributed by atoms with E-state index in [9.17, 15) is 14.9 Å². The predicted octanol–water partition coefficient (Wildman–Crippen LogP) is 1.51. The Balaban J connectivity index is 2.20. The molecule has 1 saturated heterocycles. The SMILES string of the molecule is NNc1c(C(=O)NC2CCCSC2)cccc1[N+](=O)[O-]. The van der Waals surface area contributed by atoms with Crippen LogP contribution in [-0.4, -0.2) is 28.4 Å². The van der Waals surface area contributed by atoms with Crippen LogP contribution in [0.3, 0.4) is 0 Å². The van der Waals surface area contributed by atoms with Crippen molar-refractivity contribution in [1.82, 2.24) is 5.32 Å². The van der Waals surface area contributed by atoms with Crippen LogP contribution in [0.5, 0.6) is 0 Å². The number of carbonyl (C=O) groups is 1. The summed E-state index contributed by atoms with van der Waals surface area (Å²) in [5.74, 6) is 6.96. The number of amides is 1. The number of benzene rings is 1. The Morgan fingerprint density at radius 3 is 2.90 bits per heavy atom. The lowest BCUT2D eigenvalue weighted by atomic mass is 10.1. The molecular formula is C12H16N4O3S. The summed E-state index contributed by atoms with van der Waals surface area (Å²) in [5, 5.41) is 13.8. The zero-order chi connectivity index (χ0) is 14.5. The third-order valence-electron chi connectivity index (χ3n) is 3.12. The highest BCUT2D eigenvalue weighted by atomic mass is 32.2. The number of para-hydroxylation sites is 1. The number of nitrogen functional groups attached to an aromatic ring is 1. The number of carbonyl (C=O) groups excluding carboxylic acids is 1. The number of nitrogens with two attached hydrogens (primary N) is 1. The first kappa shape index (κ1) is 14.6. The number of hydrogen-bond acceptors (Lipinski definition) is 6. The Morgan fingerprint density at radius 2 is 2.30 bits per heavy atom. The number of anilines is 1. The topological polar surface area (TPSA) is 110 Å². The van der Waals surface area contributed by atoms with E-state index in [1.807, 2.05) is 0 Å². The van der Waals surface area contributed by atoms with Crippen LogP contribution in [-0.2, 0) is 0 Å². The first-order chi connectivity index (χ1) is 9.63. The Hall–Kier alpha value is -1.80. The molecule has 20 heavy (non-hydrogen) atoms. The van der Waals surface area contributed by atoms with E-state index in [1.54, 1.807) is 11.8 Å². The van der Waals surface area contributed by atoms with Gasteiger partial charge in [0.15, 0.2) is 0 Å². The van der Waals surface area contributed by atoms with Crippen LogP contribution in [0.25, 0.3) is 0 Å². The average Bonchev–Trinajstić information content (AvgIpc) is 2.47. The van der Waals surface area contributed by atoms with Crippen LogP contribution < -0.4 is 16.6 Å². The van der Waals surface area contributed by atoms with Gasteiger partial charge in [-0.05, 0) is 24.7 Å². The van der Waals surface area contributed by atoms with Crippen molar-refractivity contribution in [2.45, 2.75) is 18.9 Å². The van der Waals surface area contributed by atoms with Crippen molar-refractivity contribution in [3.05, 3.63) is 33.9 Å². The molecule has 8 heteroatoms. The monoisotopic (exact) mass is 296 g/mol. The molecule has 1 unspecified atom stereocenters. The van der Waals surface area contributed by atoms with Crippen molar-refractivity contribution in [2.24, 2.45) is 5.84 Å². The molecule has 0 bridgehead atoms. The van der Waals surface area contributed by atoms with Gasteiger partial charge >= 0.3 is 0 Å². The van der Waals surface area contributed by atoms with Crippen molar-refractivity contribution in [3.63, 3.8) is 0 Å². The number of nitro groups is 1. The molecule has 108 valence electrons. The Kier molecular flexibility index (Phi) is 4.80. The van der Waals surface area contributed by atoms with Gasteiger partial charge in [0.1, 0.15) is 5.69 Å². The fraction of sp³-hybridized carbons (Fsp3) is 0.417. The molecule has 0 saturated carbocycles. The van der Waals surface area contributed by atoms with E-state index in [-0.39, 0.29) is 28.9 Å². The van der Waals surface area contributed by atoms with Gasteiger partial charge in [-0.1, -0.05) is 6.07 Å². The smallest absolute Gasteiger partial charge is 0.294 e. The first-order valence-corrected chi connectivity index (χ1v) is 7.41. The molecule has 1 aromatic rings. The molecule has 2 rings (SSSR count). The van der Waals surface area contributed by atoms with E-state index >= 15 is 0 Å². The Bertz CT molecular complexity index is 517. The van der Waals surface area contributed by atoms with Crippen molar-refractivity contribution in [2.75, 3.05) is 16.9 Å². The maximum absolute atomic E-state index is 12.2. The molecule has 1 amide bonds. The summed E-state index contributed by atoms with van der Waals surface area (Å²) in [7, 11) is 0. The first-order valence-electron chi connectivity index (χ1n) is 6.26. The van der Waals surface area contributed by atoms with Gasteiger partial charge in [-0.2, -0.15) is 11.8 Å². The van der Waals surface area contributed by atoms with E-state index in [0.717, 1.165) is 24.3 Å². The van der Waals surface area contributed by atoms with E-state index in [2.05, 4.69) is 10.7 Å². The van der Waals surface area contributed by atoms with E-state index < -0.39 is 4.92 Å². The number of thioether (sulfide) groups is 1. The minimum atomic E-state index is -0.567. The van der Waals surface area contributed by atoms with Crippen LogP contribution in [0.1, 0.15) is 23.2 Å². The summed E-state index contributed by atoms with van der Waals surface area (Å²) in [6, 6.07) is 4.41. The third kappa shape index (κ3) is 3.20. The number of hydrogen-bond donors (Lipinski definition) is 3. The maximum Gasteiger partial charge on any atom is 0.294 e. The minimum absolute atomic E-state index is 0.0402. The molecule has 1 aliphatic heterocycles. The zero-order valence-corrected chi connectivity index (χ0v) is 11.6. The molecular weight excluding hydrogens is 280 g/mol. The minimum Gasteiger partial charge on any atom is -0.348 e. The quantitative estimate of drug-likeness (QED) is 0.441. The van der Waals surface area contributed by atoms with Gasteiger partial charge < -0.3 is 10.7 Å². The molecule has 0 spiro atoms. The molecule has 1 heterocycles. The normalized spacial score (nSPS) is 18.4. The van der Waals surface area contributed by atoms with Crippen LogP contribution in [0.2, 0.25) is 0 Å². The highest BCUT2D eigenvalue weighted by Gasteiger charge is 2.23. The second-order valence-corrected chi connectivity index (χ2v) is 5.64. The summed E-state index contributed by atoms with van der Waals surface area (Å²) in [4.78, 5) is 22.6. The lowest BCUT2D eigenvalue weighted by Gasteiger charge is -2.22. The summed E-state index contributed by atoms with van der Waals surface area (Å²) in [5.41, 5.74) is 2.28. The molecule has 4 N–H and O–H groups in total. The molecule has 1 aromatic carbocycles. The molecule has 1 fully saturated rings. The van der Waals surface area contributed by atoms with Gasteiger partial charge in [0.25, 0.3) is 11.6 Å². The molecule has 0 radical (unpaired) electrons. The van der Waals surface area contributed by atoms with Gasteiger partial charge in [0.2, 0.25) is 0 Å². The van der Waals surface area contributed by atoms with Gasteiger partial charge in [0.05, 0.1) is 10.5 Å². The lowest BCUT2D eigenvalue weighted by molar-refractivity contribution is -0.384. The molecule has 0 aromatic heterocycles. The van der Waals surface area contributed by atoms with Crippen molar-refractivity contribution < 1.29 is 9.72 Å². The van der Waals surface area contributed by atoms with Crippen LogP contribution in [0.4, 0.5) is 11.4 Å². The van der Waals surface area contributed by atoms with Gasteiger partial charge in [-0.3, -0.25) is 20.8 Å². The number of nitrogens with zero attached hydrogens (tertiary/aromatic N) is 1. The van der Waals surface area contributed by atoms with E-state index in [1.165, 1.54) is 18.2 Å². The van der Waals surface area contributed by atoms with Gasteiger partial charge in [0, 0.05) is 17.9 Å². The highest BCUT2D eigenvalue weighted by Crippen LogP contribution is 2.27. The molecule has 0 aliphatic carbocycles. The zero-order valence-electron chi connectivity index (χ0n) is 10.8. The highest BCUT2D eigenvalue weighted by molar-refractivity contribution is 7.99. The third-order valence-corrected chi connectivity index (χ3v) is 4.34. The van der Waals surface area contributed by atoms with Crippen LogP contribution in [0.15, 0.2) is 18.2 Å². The molecule has 7 nitrogen and oxygen atoms in total. The molecule has 1 atom stereocenters. The standard InChI is InChI=1S/C12H16N4O3S/c13-15-11-9(4-1-5-10(11)16(18)19)12(17)14-8-3-2-6-20-7-8/h1,4-5,8,15H,2-3,6-7,13H2,(H,14,17). The average molecular weight is 296 g/mol. The summed E-state index contributed by atoms with van der Waals surface area (Å²) in [6.07, 6.45) is 1.99. The summed E-state index contributed by atoms with van der Waals surface area (Å²) in [6.45, 7) is 0. The Morgan fingerprint density at radius 1 is 1.50 bits per heavy atom. The number of rotatable bonds is 4. The number of nitro benzene ring substituents is 1. The van der Waals surface area contributed by atoms with Crippen molar-refractivity contribution in [1.29, 1.82) is 0 Å². The second-order valence-electron chi connectivity index (χ2n) is 4.49. The predicted molar refractivity (Wildman–Crippen MR) is 78.7 cm³/mol. The van der Waals surface area contributed by atoms with Crippen molar-refractivity contribution in [3.8, 4) is 0 Å². The Labute approximate surface area is 120 Å². The van der Waals surface area contributed by atoms with E-state index in [4.69, 9.17) is 5.84 Å². The van der Waals surface area contributed by atoms with Gasteiger partial charge in [-0.25, -0.2) is 0 Å². The number of nitrogens with one attached hydrogen (secondary N) is 2. The summed E-state index contributed by atoms with van der Waals surface area (Å²) < 4.78 is 0. The van der Waals surface area contributed by atoms with Crippen LogP contribution >= 0.6 is 11.8 Å². The number of hydrazine groups is 1. The lowest BCUT2D eigenvalue weighted by Crippen LogP contribution is -2.38. The fourth-order valence-electron chi connectivity index (χ4n) is 2.15. The fourth-order valence-corrected chi connectivity index (χ4v) is 3.22. The van der Waals surface area contributed by atoms with Crippen LogP contribution in [0, 0.1) is 10.1 Å².